The predicted molar refractivity (Wildman–Crippen MR) is 79.8 cm³/mol. The second kappa shape index (κ2) is 7.69. The number of halogens is 1. The third kappa shape index (κ3) is 4.53. The van der Waals surface area contributed by atoms with Crippen LogP contribution in [0.2, 0.25) is 5.02 Å². The van der Waals surface area contributed by atoms with E-state index in [9.17, 15) is 4.79 Å². The van der Waals surface area contributed by atoms with E-state index < -0.39 is 0 Å². The molecule has 0 unspecified atom stereocenters. The summed E-state index contributed by atoms with van der Waals surface area (Å²) >= 11 is 7.85. The highest BCUT2D eigenvalue weighted by Gasteiger charge is 2.09. The Hall–Kier alpha value is -0.680. The number of thioether (sulfide) groups is 1. The second-order valence-electron chi connectivity index (χ2n) is 4.53. The summed E-state index contributed by atoms with van der Waals surface area (Å²) in [7, 11) is 0. The Kier molecular flexibility index (Phi) is 6.57. The maximum absolute atomic E-state index is 11.9. The van der Waals surface area contributed by atoms with Crippen molar-refractivity contribution in [3.63, 3.8) is 0 Å². The number of aromatic nitrogens is 2. The van der Waals surface area contributed by atoms with E-state index in [2.05, 4.69) is 16.7 Å². The van der Waals surface area contributed by atoms with Crippen LogP contribution in [0.1, 0.15) is 20.3 Å². The van der Waals surface area contributed by atoms with Crippen LogP contribution in [-0.2, 0) is 6.54 Å². The van der Waals surface area contributed by atoms with E-state index in [0.717, 1.165) is 18.7 Å². The molecular formula is C12H20ClN3OS. The molecule has 0 aliphatic rings. The lowest BCUT2D eigenvalue weighted by Crippen LogP contribution is -2.26. The number of nitrogens with zero attached hydrogens (tertiary/aromatic N) is 2. The molecule has 0 aromatic carbocycles. The first-order valence-electron chi connectivity index (χ1n) is 6.04. The Morgan fingerprint density at radius 1 is 1.56 bits per heavy atom. The number of hydrogen-bond acceptors (Lipinski definition) is 4. The minimum absolute atomic E-state index is 0.222. The monoisotopic (exact) mass is 289 g/mol. The van der Waals surface area contributed by atoms with Gasteiger partial charge in [-0.25, -0.2) is 4.68 Å². The van der Waals surface area contributed by atoms with E-state index in [1.165, 1.54) is 4.68 Å². The number of rotatable bonds is 7. The van der Waals surface area contributed by atoms with Gasteiger partial charge in [0.25, 0.3) is 5.56 Å². The molecule has 4 nitrogen and oxygen atoms in total. The second-order valence-corrected chi connectivity index (χ2v) is 5.89. The number of nitrogens with one attached hydrogen (secondary N) is 1. The highest BCUT2D eigenvalue weighted by molar-refractivity contribution is 7.98. The van der Waals surface area contributed by atoms with Gasteiger partial charge in [0.15, 0.2) is 0 Å². The van der Waals surface area contributed by atoms with Gasteiger partial charge in [-0.3, -0.25) is 4.79 Å². The molecule has 0 amide bonds. The summed E-state index contributed by atoms with van der Waals surface area (Å²) in [6, 6.07) is 0. The number of anilines is 1. The van der Waals surface area contributed by atoms with Gasteiger partial charge >= 0.3 is 0 Å². The van der Waals surface area contributed by atoms with Gasteiger partial charge < -0.3 is 5.32 Å². The maximum atomic E-state index is 11.9. The van der Waals surface area contributed by atoms with E-state index in [1.807, 2.05) is 13.8 Å². The van der Waals surface area contributed by atoms with Crippen LogP contribution >= 0.6 is 23.4 Å². The van der Waals surface area contributed by atoms with Crippen LogP contribution in [0.15, 0.2) is 11.0 Å². The molecule has 1 aromatic heterocycles. The molecule has 0 atom stereocenters. The quantitative estimate of drug-likeness (QED) is 0.784. The molecule has 0 saturated heterocycles. The van der Waals surface area contributed by atoms with Gasteiger partial charge in [0, 0.05) is 13.1 Å². The third-order valence-electron chi connectivity index (χ3n) is 2.36. The highest BCUT2D eigenvalue weighted by atomic mass is 35.5. The zero-order valence-electron chi connectivity index (χ0n) is 11.1. The smallest absolute Gasteiger partial charge is 0.287 e. The summed E-state index contributed by atoms with van der Waals surface area (Å²) in [5.74, 6) is 1.45. The molecule has 18 heavy (non-hydrogen) atoms. The summed E-state index contributed by atoms with van der Waals surface area (Å²) < 4.78 is 1.42. The molecule has 1 rings (SSSR count). The fourth-order valence-electron chi connectivity index (χ4n) is 1.50. The average Bonchev–Trinajstić information content (AvgIpc) is 2.32. The van der Waals surface area contributed by atoms with Crippen LogP contribution in [0.3, 0.4) is 0 Å². The molecular weight excluding hydrogens is 270 g/mol. The van der Waals surface area contributed by atoms with Crippen LogP contribution < -0.4 is 10.9 Å². The van der Waals surface area contributed by atoms with Crippen molar-refractivity contribution in [1.82, 2.24) is 9.78 Å². The zero-order valence-corrected chi connectivity index (χ0v) is 12.6. The van der Waals surface area contributed by atoms with Gasteiger partial charge in [0.2, 0.25) is 0 Å². The topological polar surface area (TPSA) is 46.9 Å². The fourth-order valence-corrected chi connectivity index (χ4v) is 2.15. The SMILES string of the molecule is CSCCCNc1cnn(CC(C)C)c(=O)c1Cl. The van der Waals surface area contributed by atoms with Gasteiger partial charge in [-0.1, -0.05) is 25.4 Å². The van der Waals surface area contributed by atoms with Crippen LogP contribution in [0.5, 0.6) is 0 Å². The van der Waals surface area contributed by atoms with Crippen LogP contribution in [0.4, 0.5) is 5.69 Å². The van der Waals surface area contributed by atoms with Crippen molar-refractivity contribution in [2.75, 3.05) is 23.9 Å². The lowest BCUT2D eigenvalue weighted by atomic mass is 10.2. The van der Waals surface area contributed by atoms with E-state index in [-0.39, 0.29) is 10.6 Å². The molecule has 102 valence electrons. The van der Waals surface area contributed by atoms with Gasteiger partial charge in [0.05, 0.1) is 11.9 Å². The molecule has 1 heterocycles. The Morgan fingerprint density at radius 2 is 2.28 bits per heavy atom. The molecule has 0 saturated carbocycles. The normalized spacial score (nSPS) is 10.9. The predicted octanol–water partition coefficient (Wildman–Crippen LogP) is 2.72. The minimum Gasteiger partial charge on any atom is -0.382 e. The van der Waals surface area contributed by atoms with E-state index in [4.69, 9.17) is 11.6 Å². The molecule has 1 N–H and O–H groups in total. The van der Waals surface area contributed by atoms with Crippen LogP contribution in [0, 0.1) is 5.92 Å². The summed E-state index contributed by atoms with van der Waals surface area (Å²) in [6.07, 6.45) is 4.74. The maximum Gasteiger partial charge on any atom is 0.287 e. The summed E-state index contributed by atoms with van der Waals surface area (Å²) in [5.41, 5.74) is 0.406. The number of hydrogen-bond donors (Lipinski definition) is 1. The lowest BCUT2D eigenvalue weighted by Gasteiger charge is -2.11. The lowest BCUT2D eigenvalue weighted by molar-refractivity contribution is 0.464. The van der Waals surface area contributed by atoms with Crippen molar-refractivity contribution in [1.29, 1.82) is 0 Å². The zero-order chi connectivity index (χ0) is 13.5. The van der Waals surface area contributed by atoms with E-state index >= 15 is 0 Å². The Labute approximate surface area is 117 Å². The van der Waals surface area contributed by atoms with Crippen molar-refractivity contribution in [3.05, 3.63) is 21.6 Å². The minimum atomic E-state index is -0.222. The largest absolute Gasteiger partial charge is 0.382 e. The summed E-state index contributed by atoms with van der Waals surface area (Å²) in [6.45, 7) is 5.47. The molecule has 0 bridgehead atoms. The van der Waals surface area contributed by atoms with E-state index in [1.54, 1.807) is 18.0 Å². The first-order valence-corrected chi connectivity index (χ1v) is 7.82. The third-order valence-corrected chi connectivity index (χ3v) is 3.43. The standard InChI is InChI=1S/C12H20ClN3OS/c1-9(2)8-16-12(17)11(13)10(7-15-16)14-5-4-6-18-3/h7,9,14H,4-6,8H2,1-3H3. The van der Waals surface area contributed by atoms with Crippen molar-refractivity contribution < 1.29 is 0 Å². The van der Waals surface area contributed by atoms with Crippen molar-refractivity contribution in [3.8, 4) is 0 Å². The Balaban J connectivity index is 2.72. The Bertz CT molecular complexity index is 434. The Morgan fingerprint density at radius 3 is 2.89 bits per heavy atom. The molecule has 0 spiro atoms. The molecule has 1 aromatic rings. The molecule has 0 fully saturated rings. The van der Waals surface area contributed by atoms with Gasteiger partial charge in [0.1, 0.15) is 5.02 Å². The summed E-state index contributed by atoms with van der Waals surface area (Å²) in [4.78, 5) is 11.9. The van der Waals surface area contributed by atoms with Crippen LogP contribution in [0.25, 0.3) is 0 Å². The van der Waals surface area contributed by atoms with Crippen LogP contribution in [-0.4, -0.2) is 28.3 Å². The molecule has 0 aliphatic carbocycles. The average molecular weight is 290 g/mol. The van der Waals surface area contributed by atoms with Crippen molar-refractivity contribution >= 4 is 29.1 Å². The van der Waals surface area contributed by atoms with Crippen molar-refractivity contribution in [2.45, 2.75) is 26.8 Å². The van der Waals surface area contributed by atoms with Crippen molar-refractivity contribution in [2.24, 2.45) is 5.92 Å². The first-order chi connectivity index (χ1) is 8.56. The molecule has 0 aliphatic heterocycles. The van der Waals surface area contributed by atoms with Gasteiger partial charge in [-0.15, -0.1) is 0 Å². The fraction of sp³-hybridized carbons (Fsp3) is 0.667. The summed E-state index contributed by atoms with van der Waals surface area (Å²) in [5, 5.41) is 7.51. The van der Waals surface area contributed by atoms with Gasteiger partial charge in [-0.05, 0) is 24.3 Å². The molecule has 6 heteroatoms. The molecule has 0 radical (unpaired) electrons. The van der Waals surface area contributed by atoms with Gasteiger partial charge in [-0.2, -0.15) is 16.9 Å². The first kappa shape index (κ1) is 15.4. The highest BCUT2D eigenvalue weighted by Crippen LogP contribution is 2.15. The van der Waals surface area contributed by atoms with E-state index in [0.29, 0.717) is 18.2 Å².